The lowest BCUT2D eigenvalue weighted by Crippen LogP contribution is -2.17. The van der Waals surface area contributed by atoms with Gasteiger partial charge in [-0.2, -0.15) is 5.10 Å². The van der Waals surface area contributed by atoms with E-state index in [0.29, 0.717) is 30.3 Å². The first-order valence-corrected chi connectivity index (χ1v) is 10.5. The summed E-state index contributed by atoms with van der Waals surface area (Å²) in [7, 11) is 1.53. The van der Waals surface area contributed by atoms with Gasteiger partial charge in [-0.1, -0.05) is 40.2 Å². The van der Waals surface area contributed by atoms with Crippen LogP contribution in [0.5, 0.6) is 17.2 Å². The topological polar surface area (TPSA) is 69.2 Å². The number of amides is 1. The Balaban J connectivity index is 1.58. The van der Waals surface area contributed by atoms with Gasteiger partial charge in [-0.15, -0.1) is 0 Å². The summed E-state index contributed by atoms with van der Waals surface area (Å²) in [6.07, 6.45) is 1.57. The number of methoxy groups -OCH3 is 1. The molecule has 0 heterocycles. The van der Waals surface area contributed by atoms with Crippen molar-refractivity contribution >= 4 is 28.1 Å². The van der Waals surface area contributed by atoms with Crippen molar-refractivity contribution in [3.05, 3.63) is 87.9 Å². The predicted octanol–water partition coefficient (Wildman–Crippen LogP) is 5.20. The summed E-state index contributed by atoms with van der Waals surface area (Å²) >= 11 is 3.42. The van der Waals surface area contributed by atoms with Gasteiger partial charge in [-0.05, 0) is 60.5 Å². The van der Waals surface area contributed by atoms with Gasteiger partial charge in [0.25, 0.3) is 5.91 Å². The summed E-state index contributed by atoms with van der Waals surface area (Å²) < 4.78 is 17.6. The van der Waals surface area contributed by atoms with E-state index in [1.54, 1.807) is 24.4 Å². The largest absolute Gasteiger partial charge is 0.493 e. The number of halogens is 1. The van der Waals surface area contributed by atoms with Crippen LogP contribution in [0.15, 0.2) is 76.3 Å². The monoisotopic (exact) mass is 482 g/mol. The summed E-state index contributed by atoms with van der Waals surface area (Å²) in [5.41, 5.74) is 4.82. The second-order valence-corrected chi connectivity index (χ2v) is 7.40. The van der Waals surface area contributed by atoms with Gasteiger partial charge in [0.15, 0.2) is 11.5 Å². The molecule has 0 saturated heterocycles. The number of hydrogen-bond acceptors (Lipinski definition) is 5. The third-order valence-corrected chi connectivity index (χ3v) is 4.81. The van der Waals surface area contributed by atoms with Gasteiger partial charge in [0, 0.05) is 10.0 Å². The summed E-state index contributed by atoms with van der Waals surface area (Å²) in [6, 6.07) is 20.4. The summed E-state index contributed by atoms with van der Waals surface area (Å²) in [4.78, 5) is 12.4. The Morgan fingerprint density at radius 2 is 1.84 bits per heavy atom. The standard InChI is InChI=1S/C24H23BrN2O4/c1-3-30-22-12-9-19(14-23(22)29-2)24(28)27-26-15-18-5-4-6-21(13-18)31-16-17-7-10-20(25)11-8-17/h4-15H,3,16H2,1-2H3,(H,27,28)/b26-15+. The van der Waals surface area contributed by atoms with E-state index in [1.807, 2.05) is 55.5 Å². The van der Waals surface area contributed by atoms with Crippen LogP contribution in [0.1, 0.15) is 28.4 Å². The smallest absolute Gasteiger partial charge is 0.271 e. The molecule has 0 aliphatic heterocycles. The number of carbonyl (C=O) groups is 1. The van der Waals surface area contributed by atoms with E-state index in [4.69, 9.17) is 14.2 Å². The van der Waals surface area contributed by atoms with Crippen molar-refractivity contribution in [1.82, 2.24) is 5.43 Å². The minimum absolute atomic E-state index is 0.347. The third kappa shape index (κ3) is 6.58. The number of hydrazone groups is 1. The van der Waals surface area contributed by atoms with Crippen molar-refractivity contribution in [3.8, 4) is 17.2 Å². The zero-order chi connectivity index (χ0) is 22.1. The molecule has 0 aromatic heterocycles. The Labute approximate surface area is 190 Å². The maximum absolute atomic E-state index is 12.4. The van der Waals surface area contributed by atoms with E-state index in [1.165, 1.54) is 7.11 Å². The zero-order valence-electron chi connectivity index (χ0n) is 17.3. The van der Waals surface area contributed by atoms with Crippen LogP contribution >= 0.6 is 15.9 Å². The molecular formula is C24H23BrN2O4. The number of rotatable bonds is 9. The molecule has 0 aliphatic rings. The van der Waals surface area contributed by atoms with Crippen molar-refractivity contribution in [1.29, 1.82) is 0 Å². The van der Waals surface area contributed by atoms with Gasteiger partial charge in [-0.3, -0.25) is 4.79 Å². The van der Waals surface area contributed by atoms with Gasteiger partial charge in [0.2, 0.25) is 0 Å². The molecule has 31 heavy (non-hydrogen) atoms. The lowest BCUT2D eigenvalue weighted by molar-refractivity contribution is 0.0954. The van der Waals surface area contributed by atoms with E-state index in [9.17, 15) is 4.79 Å². The highest BCUT2D eigenvalue weighted by Crippen LogP contribution is 2.28. The highest BCUT2D eigenvalue weighted by Gasteiger charge is 2.10. The van der Waals surface area contributed by atoms with E-state index < -0.39 is 0 Å². The molecule has 0 saturated carbocycles. The first-order valence-electron chi connectivity index (χ1n) is 9.70. The van der Waals surface area contributed by atoms with Crippen LogP contribution in [0.25, 0.3) is 0 Å². The Morgan fingerprint density at radius 3 is 2.58 bits per heavy atom. The molecule has 3 rings (SSSR count). The highest BCUT2D eigenvalue weighted by atomic mass is 79.9. The molecule has 0 fully saturated rings. The molecule has 1 N–H and O–H groups in total. The van der Waals surface area contributed by atoms with Gasteiger partial charge in [0.05, 0.1) is 19.9 Å². The summed E-state index contributed by atoms with van der Waals surface area (Å²) in [6.45, 7) is 2.86. The SMILES string of the molecule is CCOc1ccc(C(=O)N/N=C/c2cccc(OCc3ccc(Br)cc3)c2)cc1OC. The molecule has 160 valence electrons. The minimum atomic E-state index is -0.347. The molecule has 3 aromatic rings. The number of benzene rings is 3. The molecule has 7 heteroatoms. The van der Waals surface area contributed by atoms with Crippen LogP contribution in [-0.4, -0.2) is 25.8 Å². The molecule has 0 radical (unpaired) electrons. The molecule has 0 unspecified atom stereocenters. The maximum Gasteiger partial charge on any atom is 0.271 e. The predicted molar refractivity (Wildman–Crippen MR) is 124 cm³/mol. The van der Waals surface area contributed by atoms with Gasteiger partial charge < -0.3 is 14.2 Å². The molecule has 3 aromatic carbocycles. The van der Waals surface area contributed by atoms with Crippen LogP contribution in [0.3, 0.4) is 0 Å². The molecule has 0 bridgehead atoms. The van der Waals surface area contributed by atoms with E-state index in [2.05, 4.69) is 26.5 Å². The number of ether oxygens (including phenoxy) is 3. The van der Waals surface area contributed by atoms with E-state index in [0.717, 1.165) is 21.3 Å². The molecule has 6 nitrogen and oxygen atoms in total. The van der Waals surface area contributed by atoms with Crippen molar-refractivity contribution in [2.75, 3.05) is 13.7 Å². The van der Waals surface area contributed by atoms with E-state index >= 15 is 0 Å². The minimum Gasteiger partial charge on any atom is -0.493 e. The lowest BCUT2D eigenvalue weighted by Gasteiger charge is -2.10. The molecule has 0 aliphatic carbocycles. The van der Waals surface area contributed by atoms with Gasteiger partial charge in [-0.25, -0.2) is 5.43 Å². The highest BCUT2D eigenvalue weighted by molar-refractivity contribution is 9.10. The summed E-state index contributed by atoms with van der Waals surface area (Å²) in [5.74, 6) is 1.45. The van der Waals surface area contributed by atoms with Crippen LogP contribution in [0.4, 0.5) is 0 Å². The molecule has 1 amide bonds. The van der Waals surface area contributed by atoms with Crippen LogP contribution in [0.2, 0.25) is 0 Å². The Bertz CT molecular complexity index is 1050. The third-order valence-electron chi connectivity index (χ3n) is 4.28. The molecule has 0 spiro atoms. The van der Waals surface area contributed by atoms with Crippen LogP contribution < -0.4 is 19.6 Å². The van der Waals surface area contributed by atoms with Crippen LogP contribution in [-0.2, 0) is 6.61 Å². The fourth-order valence-electron chi connectivity index (χ4n) is 2.75. The van der Waals surface area contributed by atoms with Crippen LogP contribution in [0, 0.1) is 0 Å². The zero-order valence-corrected chi connectivity index (χ0v) is 18.9. The maximum atomic E-state index is 12.4. The normalized spacial score (nSPS) is 10.7. The van der Waals surface area contributed by atoms with Gasteiger partial charge >= 0.3 is 0 Å². The average molecular weight is 483 g/mol. The van der Waals surface area contributed by atoms with Crippen molar-refractivity contribution in [2.45, 2.75) is 13.5 Å². The Morgan fingerprint density at radius 1 is 1.03 bits per heavy atom. The number of hydrogen-bond donors (Lipinski definition) is 1. The second kappa shape index (κ2) is 11.2. The van der Waals surface area contributed by atoms with Crippen molar-refractivity contribution in [2.24, 2.45) is 5.10 Å². The summed E-state index contributed by atoms with van der Waals surface area (Å²) in [5, 5.41) is 4.04. The van der Waals surface area contributed by atoms with Crippen molar-refractivity contribution in [3.63, 3.8) is 0 Å². The number of nitrogens with one attached hydrogen (secondary N) is 1. The molecule has 0 atom stereocenters. The Kier molecular flexibility index (Phi) is 8.06. The lowest BCUT2D eigenvalue weighted by atomic mass is 10.2. The molecular weight excluding hydrogens is 460 g/mol. The van der Waals surface area contributed by atoms with Gasteiger partial charge in [0.1, 0.15) is 12.4 Å². The fraction of sp³-hybridized carbons (Fsp3) is 0.167. The first kappa shape index (κ1) is 22.4. The Hall–Kier alpha value is -3.32. The quantitative estimate of drug-likeness (QED) is 0.336. The first-order chi connectivity index (χ1) is 15.1. The number of carbonyl (C=O) groups excluding carboxylic acids is 1. The van der Waals surface area contributed by atoms with Crippen molar-refractivity contribution < 1.29 is 19.0 Å². The second-order valence-electron chi connectivity index (χ2n) is 6.49. The fourth-order valence-corrected chi connectivity index (χ4v) is 3.01. The average Bonchev–Trinajstić information content (AvgIpc) is 2.79. The number of nitrogens with zero attached hydrogens (tertiary/aromatic N) is 1. The van der Waals surface area contributed by atoms with E-state index in [-0.39, 0.29) is 5.91 Å².